The third kappa shape index (κ3) is 5.86. The Balaban J connectivity index is 1.69. The van der Waals surface area contributed by atoms with E-state index < -0.39 is 0 Å². The van der Waals surface area contributed by atoms with Gasteiger partial charge in [-0.1, -0.05) is 39.7 Å². The number of rotatable bonds is 6. The lowest BCUT2D eigenvalue weighted by Crippen LogP contribution is -2.25. The first-order valence-electron chi connectivity index (χ1n) is 6.75. The monoisotopic (exact) mass is 366 g/mol. The summed E-state index contributed by atoms with van der Waals surface area (Å²) in [6, 6.07) is 11.7. The Morgan fingerprint density at radius 3 is 2.81 bits per heavy atom. The van der Waals surface area contributed by atoms with Crippen LogP contribution < -0.4 is 5.32 Å². The largest absolute Gasteiger partial charge is 0.356 e. The number of nitrogens with one attached hydrogen (secondary N) is 1. The van der Waals surface area contributed by atoms with Gasteiger partial charge in [-0.05, 0) is 42.7 Å². The van der Waals surface area contributed by atoms with Gasteiger partial charge in [0.25, 0.3) is 0 Å². The number of aryl methyl sites for hydroxylation is 1. The minimum atomic E-state index is 0.0433. The molecular formula is C16H16BrClN2O. The molecule has 1 heterocycles. The number of amides is 1. The number of pyridine rings is 1. The van der Waals surface area contributed by atoms with Crippen LogP contribution in [0.1, 0.15) is 17.7 Å². The molecule has 0 spiro atoms. The van der Waals surface area contributed by atoms with Crippen molar-refractivity contribution in [3.8, 4) is 0 Å². The number of benzene rings is 1. The summed E-state index contributed by atoms with van der Waals surface area (Å²) in [6.07, 6.45) is 3.49. The second-order valence-corrected chi connectivity index (χ2v) is 6.05. The molecule has 0 aliphatic rings. The van der Waals surface area contributed by atoms with Gasteiger partial charge in [0, 0.05) is 29.3 Å². The number of nitrogens with zero attached hydrogens (tertiary/aromatic N) is 1. The molecule has 21 heavy (non-hydrogen) atoms. The van der Waals surface area contributed by atoms with E-state index >= 15 is 0 Å². The van der Waals surface area contributed by atoms with Gasteiger partial charge < -0.3 is 5.32 Å². The van der Waals surface area contributed by atoms with E-state index in [2.05, 4.69) is 38.4 Å². The molecule has 5 heteroatoms. The molecule has 0 fully saturated rings. The van der Waals surface area contributed by atoms with Crippen LogP contribution in [-0.2, 0) is 17.6 Å². The van der Waals surface area contributed by atoms with E-state index in [1.807, 2.05) is 18.2 Å². The van der Waals surface area contributed by atoms with Crippen LogP contribution in [0.2, 0.25) is 5.02 Å². The minimum Gasteiger partial charge on any atom is -0.356 e. The van der Waals surface area contributed by atoms with Gasteiger partial charge in [-0.15, -0.1) is 0 Å². The van der Waals surface area contributed by atoms with Gasteiger partial charge in [-0.3, -0.25) is 9.78 Å². The van der Waals surface area contributed by atoms with Gasteiger partial charge in [0.05, 0.1) is 5.02 Å². The lowest BCUT2D eigenvalue weighted by atomic mass is 10.1. The average molecular weight is 368 g/mol. The molecule has 1 aromatic carbocycles. The van der Waals surface area contributed by atoms with Crippen molar-refractivity contribution in [3.05, 3.63) is 63.3 Å². The van der Waals surface area contributed by atoms with Crippen LogP contribution in [0.5, 0.6) is 0 Å². The summed E-state index contributed by atoms with van der Waals surface area (Å²) in [5.41, 5.74) is 2.07. The Kier molecular flexibility index (Phi) is 6.21. The molecule has 2 aromatic rings. The molecule has 0 atom stereocenters. The van der Waals surface area contributed by atoms with Crippen molar-refractivity contribution in [1.29, 1.82) is 0 Å². The minimum absolute atomic E-state index is 0.0433. The molecule has 0 saturated heterocycles. The highest BCUT2D eigenvalue weighted by atomic mass is 79.9. The lowest BCUT2D eigenvalue weighted by Gasteiger charge is -2.06. The summed E-state index contributed by atoms with van der Waals surface area (Å²) >= 11 is 9.20. The normalized spacial score (nSPS) is 10.4. The third-order valence-corrected chi connectivity index (χ3v) is 3.74. The van der Waals surface area contributed by atoms with Crippen molar-refractivity contribution in [3.63, 3.8) is 0 Å². The first-order chi connectivity index (χ1) is 10.1. The van der Waals surface area contributed by atoms with Crippen molar-refractivity contribution in [2.45, 2.75) is 19.3 Å². The molecule has 0 bridgehead atoms. The van der Waals surface area contributed by atoms with Gasteiger partial charge in [-0.25, -0.2) is 0 Å². The summed E-state index contributed by atoms with van der Waals surface area (Å²) in [4.78, 5) is 15.9. The Bertz CT molecular complexity index is 601. The fourth-order valence-electron chi connectivity index (χ4n) is 1.92. The first kappa shape index (κ1) is 16.0. The van der Waals surface area contributed by atoms with E-state index in [9.17, 15) is 4.79 Å². The molecule has 1 N–H and O–H groups in total. The fourth-order valence-corrected chi connectivity index (χ4v) is 2.48. The molecule has 0 aliphatic heterocycles. The summed E-state index contributed by atoms with van der Waals surface area (Å²) in [7, 11) is 0. The van der Waals surface area contributed by atoms with Crippen LogP contribution >= 0.6 is 27.5 Å². The molecule has 0 radical (unpaired) electrons. The van der Waals surface area contributed by atoms with E-state index in [0.717, 1.165) is 16.6 Å². The summed E-state index contributed by atoms with van der Waals surface area (Å²) in [6.45, 7) is 0.642. The van der Waals surface area contributed by atoms with Crippen molar-refractivity contribution in [2.75, 3.05) is 6.54 Å². The zero-order valence-electron chi connectivity index (χ0n) is 11.5. The second kappa shape index (κ2) is 8.15. The van der Waals surface area contributed by atoms with Gasteiger partial charge >= 0.3 is 0 Å². The predicted molar refractivity (Wildman–Crippen MR) is 88.4 cm³/mol. The Hall–Kier alpha value is -1.39. The maximum Gasteiger partial charge on any atom is 0.220 e. The molecule has 0 aliphatic carbocycles. The lowest BCUT2D eigenvalue weighted by molar-refractivity contribution is -0.121. The van der Waals surface area contributed by atoms with E-state index in [1.54, 1.807) is 12.3 Å². The Morgan fingerprint density at radius 2 is 2.10 bits per heavy atom. The molecule has 1 aromatic heterocycles. The Morgan fingerprint density at radius 1 is 1.24 bits per heavy atom. The quantitative estimate of drug-likeness (QED) is 0.844. The van der Waals surface area contributed by atoms with Gasteiger partial charge in [0.2, 0.25) is 5.91 Å². The highest BCUT2D eigenvalue weighted by Gasteiger charge is 2.03. The highest BCUT2D eigenvalue weighted by molar-refractivity contribution is 9.10. The molecular weight excluding hydrogens is 352 g/mol. The molecule has 0 unspecified atom stereocenters. The SMILES string of the molecule is O=C(CCc1ccc(Cl)cn1)NCCc1cccc(Br)c1. The first-order valence-corrected chi connectivity index (χ1v) is 7.92. The Labute approximate surface area is 137 Å². The topological polar surface area (TPSA) is 42.0 Å². The van der Waals surface area contributed by atoms with Crippen molar-refractivity contribution in [2.24, 2.45) is 0 Å². The summed E-state index contributed by atoms with van der Waals surface area (Å²) < 4.78 is 1.06. The molecule has 0 saturated carbocycles. The maximum atomic E-state index is 11.8. The van der Waals surface area contributed by atoms with Gasteiger partial charge in [0.1, 0.15) is 0 Å². The molecule has 2 rings (SSSR count). The van der Waals surface area contributed by atoms with E-state index in [0.29, 0.717) is 24.4 Å². The predicted octanol–water partition coefficient (Wildman–Crippen LogP) is 3.79. The van der Waals surface area contributed by atoms with Crippen molar-refractivity contribution in [1.82, 2.24) is 10.3 Å². The van der Waals surface area contributed by atoms with Crippen molar-refractivity contribution >= 4 is 33.4 Å². The zero-order valence-corrected chi connectivity index (χ0v) is 13.8. The summed E-state index contributed by atoms with van der Waals surface area (Å²) in [5, 5.41) is 3.53. The number of carbonyl (C=O) groups excluding carboxylic acids is 1. The number of hydrogen-bond donors (Lipinski definition) is 1. The zero-order chi connectivity index (χ0) is 15.1. The standard InChI is InChI=1S/C16H16BrClN2O/c17-13-3-1-2-12(10-13)8-9-19-16(21)7-6-15-5-4-14(18)11-20-15/h1-5,10-11H,6-9H2,(H,19,21). The smallest absolute Gasteiger partial charge is 0.220 e. The van der Waals surface area contributed by atoms with Gasteiger partial charge in [0.15, 0.2) is 0 Å². The number of hydrogen-bond acceptors (Lipinski definition) is 2. The third-order valence-electron chi connectivity index (χ3n) is 3.02. The van der Waals surface area contributed by atoms with E-state index in [-0.39, 0.29) is 5.91 Å². The van der Waals surface area contributed by atoms with Crippen LogP contribution in [0.25, 0.3) is 0 Å². The highest BCUT2D eigenvalue weighted by Crippen LogP contribution is 2.11. The van der Waals surface area contributed by atoms with Crippen LogP contribution in [0.4, 0.5) is 0 Å². The molecule has 110 valence electrons. The number of aromatic nitrogens is 1. The molecule has 3 nitrogen and oxygen atoms in total. The molecule has 1 amide bonds. The van der Waals surface area contributed by atoms with Gasteiger partial charge in [-0.2, -0.15) is 0 Å². The van der Waals surface area contributed by atoms with Crippen LogP contribution in [-0.4, -0.2) is 17.4 Å². The van der Waals surface area contributed by atoms with Crippen LogP contribution in [0, 0.1) is 0 Å². The fraction of sp³-hybridized carbons (Fsp3) is 0.250. The van der Waals surface area contributed by atoms with E-state index in [1.165, 1.54) is 5.56 Å². The number of halogens is 2. The van der Waals surface area contributed by atoms with E-state index in [4.69, 9.17) is 11.6 Å². The van der Waals surface area contributed by atoms with Crippen molar-refractivity contribution < 1.29 is 4.79 Å². The summed E-state index contributed by atoms with van der Waals surface area (Å²) in [5.74, 6) is 0.0433. The second-order valence-electron chi connectivity index (χ2n) is 4.70. The van der Waals surface area contributed by atoms with Crippen LogP contribution in [0.3, 0.4) is 0 Å². The van der Waals surface area contributed by atoms with Crippen LogP contribution in [0.15, 0.2) is 47.1 Å². The number of carbonyl (C=O) groups is 1. The maximum absolute atomic E-state index is 11.8. The average Bonchev–Trinajstić information content (AvgIpc) is 2.47.